The largest absolute Gasteiger partial charge is 0.388 e. The first-order valence-electron chi connectivity index (χ1n) is 12.2. The molecule has 33 heavy (non-hydrogen) atoms. The molecule has 2 aliphatic heterocycles. The van der Waals surface area contributed by atoms with Crippen molar-refractivity contribution in [2.45, 2.75) is 43.4 Å². The molecular weight excluding hydrogens is 411 g/mol. The lowest BCUT2D eigenvalue weighted by Crippen LogP contribution is -2.60. The van der Waals surface area contributed by atoms with E-state index < -0.39 is 6.10 Å². The van der Waals surface area contributed by atoms with Crippen LogP contribution in [0.1, 0.15) is 48.0 Å². The Morgan fingerprint density at radius 3 is 2.06 bits per heavy atom. The maximum absolute atomic E-state index is 13.2. The molecule has 1 N–H and O–H groups in total. The number of nitrogens with zero attached hydrogens (tertiary/aromatic N) is 2. The molecule has 0 saturated carbocycles. The zero-order valence-corrected chi connectivity index (χ0v) is 19.1. The third kappa shape index (κ3) is 5.03. The second-order valence-corrected chi connectivity index (χ2v) is 9.48. The molecular formula is C29H33FN2O. The number of hydrogen-bond acceptors (Lipinski definition) is 3. The summed E-state index contributed by atoms with van der Waals surface area (Å²) in [5.74, 6) is 0.128. The van der Waals surface area contributed by atoms with E-state index in [1.165, 1.54) is 36.1 Å². The Bertz CT molecular complexity index is 971. The molecule has 0 amide bonds. The van der Waals surface area contributed by atoms with Crippen LogP contribution in [-0.4, -0.2) is 53.2 Å². The van der Waals surface area contributed by atoms with Gasteiger partial charge in [0.15, 0.2) is 0 Å². The molecule has 2 saturated heterocycles. The average Bonchev–Trinajstić information content (AvgIpc) is 2.87. The number of rotatable bonds is 7. The molecule has 3 aromatic rings. The first-order chi connectivity index (χ1) is 16.2. The monoisotopic (exact) mass is 444 g/mol. The minimum atomic E-state index is -0.541. The molecule has 0 aromatic heterocycles. The van der Waals surface area contributed by atoms with Crippen molar-refractivity contribution in [3.05, 3.63) is 107 Å². The average molecular weight is 445 g/mol. The molecule has 3 aromatic carbocycles. The van der Waals surface area contributed by atoms with E-state index in [0.29, 0.717) is 24.4 Å². The van der Waals surface area contributed by atoms with Gasteiger partial charge < -0.3 is 5.11 Å². The number of piperidine rings is 1. The van der Waals surface area contributed by atoms with Crippen LogP contribution in [0, 0.1) is 5.82 Å². The SMILES string of the molecule is OC(CCN1CCN2CC1CCC2C(c1ccccc1)c1ccccc1)c1ccc(F)cc1. The predicted octanol–water partition coefficient (Wildman–Crippen LogP) is 5.23. The summed E-state index contributed by atoms with van der Waals surface area (Å²) >= 11 is 0. The molecule has 4 atom stereocenters. The molecule has 4 heteroatoms. The van der Waals surface area contributed by atoms with Crippen LogP contribution in [0.5, 0.6) is 0 Å². The summed E-state index contributed by atoms with van der Waals surface area (Å²) in [5, 5.41) is 10.6. The number of piperazine rings is 1. The van der Waals surface area contributed by atoms with Crippen molar-refractivity contribution in [2.75, 3.05) is 26.2 Å². The summed E-state index contributed by atoms with van der Waals surface area (Å²) in [6.45, 7) is 4.06. The van der Waals surface area contributed by atoms with Gasteiger partial charge in [-0.3, -0.25) is 9.80 Å². The van der Waals surface area contributed by atoms with Crippen LogP contribution in [0.15, 0.2) is 84.9 Å². The minimum absolute atomic E-state index is 0.261. The van der Waals surface area contributed by atoms with Gasteiger partial charge in [0.2, 0.25) is 0 Å². The van der Waals surface area contributed by atoms with Crippen LogP contribution < -0.4 is 0 Å². The van der Waals surface area contributed by atoms with Crippen molar-refractivity contribution >= 4 is 0 Å². The number of aliphatic hydroxyl groups is 1. The van der Waals surface area contributed by atoms with E-state index in [1.807, 2.05) is 0 Å². The first-order valence-corrected chi connectivity index (χ1v) is 12.2. The van der Waals surface area contributed by atoms with Crippen molar-refractivity contribution in [1.29, 1.82) is 0 Å². The molecule has 2 heterocycles. The zero-order valence-electron chi connectivity index (χ0n) is 19.1. The standard InChI is InChI=1S/C29H33FN2O/c30-25-13-11-22(12-14-25)28(33)17-18-31-19-20-32-21-26(31)15-16-27(32)29(23-7-3-1-4-8-23)24-9-5-2-6-10-24/h1-14,26-29,33H,15-21H2. The summed E-state index contributed by atoms with van der Waals surface area (Å²) in [4.78, 5) is 5.26. The van der Waals surface area contributed by atoms with Crippen LogP contribution in [0.4, 0.5) is 4.39 Å². The predicted molar refractivity (Wildman–Crippen MR) is 131 cm³/mol. The topological polar surface area (TPSA) is 26.7 Å². The first kappa shape index (κ1) is 22.3. The van der Waals surface area contributed by atoms with E-state index in [9.17, 15) is 9.50 Å². The lowest BCUT2D eigenvalue weighted by atomic mass is 9.79. The normalized spacial score (nSPS) is 24.0. The smallest absolute Gasteiger partial charge is 0.123 e. The summed E-state index contributed by atoms with van der Waals surface area (Å²) < 4.78 is 13.2. The van der Waals surface area contributed by atoms with Gasteiger partial charge in [0.05, 0.1) is 6.10 Å². The molecule has 0 radical (unpaired) electrons. The number of benzene rings is 3. The Morgan fingerprint density at radius 2 is 1.42 bits per heavy atom. The molecule has 3 nitrogen and oxygen atoms in total. The van der Waals surface area contributed by atoms with Gasteiger partial charge in [0.25, 0.3) is 0 Å². The van der Waals surface area contributed by atoms with E-state index >= 15 is 0 Å². The number of hydrogen-bond donors (Lipinski definition) is 1. The van der Waals surface area contributed by atoms with Crippen molar-refractivity contribution < 1.29 is 9.50 Å². The van der Waals surface area contributed by atoms with Gasteiger partial charge in [-0.05, 0) is 48.1 Å². The summed E-state index contributed by atoms with van der Waals surface area (Å²) in [6, 6.07) is 29.2. The fourth-order valence-electron chi connectivity index (χ4n) is 5.81. The van der Waals surface area contributed by atoms with Gasteiger partial charge in [0, 0.05) is 44.2 Å². The highest BCUT2D eigenvalue weighted by molar-refractivity contribution is 5.35. The number of halogens is 1. The Balaban J connectivity index is 1.25. The van der Waals surface area contributed by atoms with Gasteiger partial charge in [-0.25, -0.2) is 4.39 Å². The summed E-state index contributed by atoms with van der Waals surface area (Å²) in [5.41, 5.74) is 3.60. The second-order valence-electron chi connectivity index (χ2n) is 9.48. The van der Waals surface area contributed by atoms with E-state index in [-0.39, 0.29) is 5.82 Å². The highest BCUT2D eigenvalue weighted by Gasteiger charge is 2.39. The van der Waals surface area contributed by atoms with Crippen molar-refractivity contribution in [2.24, 2.45) is 0 Å². The molecule has 4 unspecified atom stereocenters. The van der Waals surface area contributed by atoms with Crippen molar-refractivity contribution in [3.8, 4) is 0 Å². The fourth-order valence-corrected chi connectivity index (χ4v) is 5.81. The second kappa shape index (κ2) is 10.2. The van der Waals surface area contributed by atoms with E-state index in [0.717, 1.165) is 31.7 Å². The van der Waals surface area contributed by atoms with Gasteiger partial charge in [0.1, 0.15) is 5.82 Å². The Kier molecular flexibility index (Phi) is 6.86. The summed E-state index contributed by atoms with van der Waals surface area (Å²) in [6.07, 6.45) is 2.50. The molecule has 2 bridgehead atoms. The van der Waals surface area contributed by atoms with Gasteiger partial charge in [-0.2, -0.15) is 0 Å². The number of fused-ring (bicyclic) bond motifs is 2. The molecule has 0 spiro atoms. The highest BCUT2D eigenvalue weighted by atomic mass is 19.1. The fraction of sp³-hybridized carbons (Fsp3) is 0.379. The van der Waals surface area contributed by atoms with Gasteiger partial charge in [-0.15, -0.1) is 0 Å². The van der Waals surface area contributed by atoms with Gasteiger partial charge in [-0.1, -0.05) is 72.8 Å². The van der Waals surface area contributed by atoms with Crippen LogP contribution >= 0.6 is 0 Å². The minimum Gasteiger partial charge on any atom is -0.388 e. The highest BCUT2D eigenvalue weighted by Crippen LogP contribution is 2.38. The zero-order chi connectivity index (χ0) is 22.6. The lowest BCUT2D eigenvalue weighted by molar-refractivity contribution is -0.00557. The molecule has 172 valence electrons. The maximum Gasteiger partial charge on any atom is 0.123 e. The Hall–Kier alpha value is -2.53. The van der Waals surface area contributed by atoms with E-state index in [1.54, 1.807) is 12.1 Å². The third-order valence-corrected chi connectivity index (χ3v) is 7.55. The van der Waals surface area contributed by atoms with Crippen molar-refractivity contribution in [3.63, 3.8) is 0 Å². The Morgan fingerprint density at radius 1 is 0.788 bits per heavy atom. The van der Waals surface area contributed by atoms with Crippen LogP contribution in [0.3, 0.4) is 0 Å². The van der Waals surface area contributed by atoms with Crippen LogP contribution in [0.25, 0.3) is 0 Å². The summed E-state index contributed by atoms with van der Waals surface area (Å²) in [7, 11) is 0. The van der Waals surface area contributed by atoms with E-state index in [2.05, 4.69) is 70.5 Å². The molecule has 2 aliphatic rings. The Labute approximate surface area is 196 Å². The van der Waals surface area contributed by atoms with Gasteiger partial charge >= 0.3 is 0 Å². The van der Waals surface area contributed by atoms with Crippen LogP contribution in [0.2, 0.25) is 0 Å². The molecule has 2 fully saturated rings. The molecule has 0 aliphatic carbocycles. The lowest BCUT2D eigenvalue weighted by Gasteiger charge is -2.51. The molecule has 5 rings (SSSR count). The van der Waals surface area contributed by atoms with Crippen molar-refractivity contribution in [1.82, 2.24) is 9.80 Å². The number of aliphatic hydroxyl groups excluding tert-OH is 1. The quantitative estimate of drug-likeness (QED) is 0.541. The van der Waals surface area contributed by atoms with E-state index in [4.69, 9.17) is 0 Å². The van der Waals surface area contributed by atoms with Crippen LogP contribution in [-0.2, 0) is 0 Å². The third-order valence-electron chi connectivity index (χ3n) is 7.55. The maximum atomic E-state index is 13.2.